The molecule has 0 spiro atoms. The van der Waals surface area contributed by atoms with Crippen molar-refractivity contribution in [3.63, 3.8) is 0 Å². The van der Waals surface area contributed by atoms with Crippen LogP contribution in [0.5, 0.6) is 0 Å². The predicted octanol–water partition coefficient (Wildman–Crippen LogP) is 4.32. The Morgan fingerprint density at radius 2 is 1.76 bits per heavy atom. The van der Waals surface area contributed by atoms with E-state index < -0.39 is 5.54 Å². The van der Waals surface area contributed by atoms with Gasteiger partial charge in [0.2, 0.25) is 5.91 Å². The minimum absolute atomic E-state index is 0.00230. The van der Waals surface area contributed by atoms with Crippen molar-refractivity contribution in [2.24, 2.45) is 0 Å². The topological polar surface area (TPSA) is 55.9 Å². The van der Waals surface area contributed by atoms with Crippen molar-refractivity contribution in [1.29, 1.82) is 0 Å². The summed E-state index contributed by atoms with van der Waals surface area (Å²) in [5, 5.41) is 4.98. The molecule has 6 nitrogen and oxygen atoms in total. The van der Waals surface area contributed by atoms with Crippen LogP contribution in [0.1, 0.15) is 44.1 Å². The molecule has 8 heteroatoms. The maximum atomic E-state index is 13.4. The minimum atomic E-state index is -0.392. The molecule has 0 aliphatic carbocycles. The van der Waals surface area contributed by atoms with Crippen LogP contribution in [0.25, 0.3) is 0 Å². The molecule has 1 saturated heterocycles. The highest BCUT2D eigenvalue weighted by Crippen LogP contribution is 2.16. The Labute approximate surface area is 200 Å². The van der Waals surface area contributed by atoms with Gasteiger partial charge in [0, 0.05) is 30.1 Å². The molecule has 2 heterocycles. The van der Waals surface area contributed by atoms with Gasteiger partial charge in [-0.1, -0.05) is 18.2 Å². The standard InChI is InChI=1S/C25H35FN4O2S/c1-25(2,3)27-24(32)29(15-14-28-12-4-5-13-28)19-23(31)30(18-22-7-6-16-33-22)17-20-8-10-21(26)11-9-20/h6-11,16H,4-5,12-15,17-19H2,1-3H3,(H,27,32). The number of carbonyl (C=O) groups excluding carboxylic acids is 2. The first-order chi connectivity index (χ1) is 15.7. The summed E-state index contributed by atoms with van der Waals surface area (Å²) < 4.78 is 13.4. The smallest absolute Gasteiger partial charge is 0.318 e. The van der Waals surface area contributed by atoms with Crippen molar-refractivity contribution in [2.75, 3.05) is 32.7 Å². The normalized spacial score (nSPS) is 14.3. The molecule has 0 bridgehead atoms. The van der Waals surface area contributed by atoms with E-state index >= 15 is 0 Å². The quantitative estimate of drug-likeness (QED) is 0.589. The number of carbonyl (C=O) groups is 2. The third-order valence-electron chi connectivity index (χ3n) is 5.55. The first-order valence-electron chi connectivity index (χ1n) is 11.5. The summed E-state index contributed by atoms with van der Waals surface area (Å²) in [7, 11) is 0. The summed E-state index contributed by atoms with van der Waals surface area (Å²) in [5.74, 6) is -0.431. The lowest BCUT2D eigenvalue weighted by Gasteiger charge is -2.31. The van der Waals surface area contributed by atoms with Gasteiger partial charge in [-0.3, -0.25) is 4.79 Å². The van der Waals surface area contributed by atoms with E-state index in [1.807, 2.05) is 38.3 Å². The number of halogens is 1. The Morgan fingerprint density at radius 1 is 1.06 bits per heavy atom. The Bertz CT molecular complexity index is 890. The molecule has 1 aliphatic heterocycles. The number of nitrogens with zero attached hydrogens (tertiary/aromatic N) is 3. The molecule has 0 unspecified atom stereocenters. The largest absolute Gasteiger partial charge is 0.333 e. The second-order valence-corrected chi connectivity index (χ2v) is 10.6. The van der Waals surface area contributed by atoms with Crippen LogP contribution < -0.4 is 5.32 Å². The van der Waals surface area contributed by atoms with E-state index in [1.165, 1.54) is 25.0 Å². The average molecular weight is 475 g/mol. The molecule has 180 valence electrons. The molecule has 33 heavy (non-hydrogen) atoms. The summed E-state index contributed by atoms with van der Waals surface area (Å²) in [6.45, 7) is 9.95. The number of hydrogen-bond acceptors (Lipinski definition) is 4. The number of thiophene rings is 1. The molecule has 3 amide bonds. The number of likely N-dealkylation sites (tertiary alicyclic amines) is 1. The van der Waals surface area contributed by atoms with E-state index in [0.717, 1.165) is 30.1 Å². The summed E-state index contributed by atoms with van der Waals surface area (Å²) in [6.07, 6.45) is 2.36. The van der Waals surface area contributed by atoms with Gasteiger partial charge in [-0.05, 0) is 75.8 Å². The van der Waals surface area contributed by atoms with Gasteiger partial charge in [0.15, 0.2) is 0 Å². The lowest BCUT2D eigenvalue weighted by atomic mass is 10.1. The van der Waals surface area contributed by atoms with Crippen molar-refractivity contribution >= 4 is 23.3 Å². The monoisotopic (exact) mass is 474 g/mol. The Hall–Kier alpha value is -2.45. The molecule has 0 atom stereocenters. The molecular formula is C25H35FN4O2S. The zero-order valence-electron chi connectivity index (χ0n) is 19.8. The van der Waals surface area contributed by atoms with Crippen molar-refractivity contribution in [1.82, 2.24) is 20.0 Å². The number of rotatable bonds is 9. The van der Waals surface area contributed by atoms with E-state index in [4.69, 9.17) is 0 Å². The lowest BCUT2D eigenvalue weighted by molar-refractivity contribution is -0.133. The number of amides is 3. The molecule has 1 N–H and O–H groups in total. The van der Waals surface area contributed by atoms with Crippen LogP contribution in [0.4, 0.5) is 9.18 Å². The van der Waals surface area contributed by atoms with Gasteiger partial charge in [0.1, 0.15) is 12.4 Å². The van der Waals surface area contributed by atoms with Crippen LogP contribution in [0.3, 0.4) is 0 Å². The molecule has 1 aromatic carbocycles. The van der Waals surface area contributed by atoms with Crippen LogP contribution in [0.15, 0.2) is 41.8 Å². The molecule has 1 aromatic heterocycles. The van der Waals surface area contributed by atoms with E-state index in [-0.39, 0.29) is 24.3 Å². The summed E-state index contributed by atoms with van der Waals surface area (Å²) >= 11 is 1.59. The maximum Gasteiger partial charge on any atom is 0.318 e. The first-order valence-corrected chi connectivity index (χ1v) is 12.4. The van der Waals surface area contributed by atoms with Gasteiger partial charge in [-0.25, -0.2) is 9.18 Å². The summed E-state index contributed by atoms with van der Waals surface area (Å²) in [6, 6.07) is 9.92. The van der Waals surface area contributed by atoms with Crippen molar-refractivity contribution in [2.45, 2.75) is 52.2 Å². The molecule has 3 rings (SSSR count). The Balaban J connectivity index is 1.72. The van der Waals surface area contributed by atoms with Crippen molar-refractivity contribution < 1.29 is 14.0 Å². The van der Waals surface area contributed by atoms with Crippen LogP contribution in [0, 0.1) is 5.82 Å². The van der Waals surface area contributed by atoms with E-state index in [2.05, 4.69) is 10.2 Å². The van der Waals surface area contributed by atoms with Gasteiger partial charge in [-0.15, -0.1) is 11.3 Å². The highest BCUT2D eigenvalue weighted by atomic mass is 32.1. The van der Waals surface area contributed by atoms with Gasteiger partial charge in [0.05, 0.1) is 6.54 Å². The predicted molar refractivity (Wildman–Crippen MR) is 131 cm³/mol. The summed E-state index contributed by atoms with van der Waals surface area (Å²) in [4.78, 5) is 33.2. The summed E-state index contributed by atoms with van der Waals surface area (Å²) in [5.41, 5.74) is 0.459. The van der Waals surface area contributed by atoms with Crippen LogP contribution in [0.2, 0.25) is 0 Å². The molecule has 0 saturated carbocycles. The highest BCUT2D eigenvalue weighted by molar-refractivity contribution is 7.09. The van der Waals surface area contributed by atoms with E-state index in [9.17, 15) is 14.0 Å². The zero-order valence-corrected chi connectivity index (χ0v) is 20.7. The fourth-order valence-electron chi connectivity index (χ4n) is 3.82. The SMILES string of the molecule is CC(C)(C)NC(=O)N(CCN1CCCC1)CC(=O)N(Cc1ccc(F)cc1)Cc1cccs1. The first kappa shape index (κ1) is 25.2. The second kappa shape index (κ2) is 11.6. The molecule has 2 aromatic rings. The van der Waals surface area contributed by atoms with E-state index in [0.29, 0.717) is 19.6 Å². The second-order valence-electron chi connectivity index (χ2n) is 9.61. The fraction of sp³-hybridized carbons (Fsp3) is 0.520. The Morgan fingerprint density at radius 3 is 2.36 bits per heavy atom. The maximum absolute atomic E-state index is 13.4. The average Bonchev–Trinajstić information content (AvgIpc) is 3.45. The number of benzene rings is 1. The van der Waals surface area contributed by atoms with Crippen LogP contribution >= 0.6 is 11.3 Å². The van der Waals surface area contributed by atoms with Crippen LogP contribution in [-0.4, -0.2) is 64.9 Å². The Kier molecular flexibility index (Phi) is 8.86. The fourth-order valence-corrected chi connectivity index (χ4v) is 4.54. The molecule has 0 radical (unpaired) electrons. The van der Waals surface area contributed by atoms with E-state index in [1.54, 1.807) is 33.3 Å². The number of hydrogen-bond donors (Lipinski definition) is 1. The molecule has 1 aliphatic rings. The lowest BCUT2D eigenvalue weighted by Crippen LogP contribution is -2.53. The molecule has 1 fully saturated rings. The third kappa shape index (κ3) is 8.44. The minimum Gasteiger partial charge on any atom is -0.333 e. The van der Waals surface area contributed by atoms with Gasteiger partial charge >= 0.3 is 6.03 Å². The zero-order chi connectivity index (χ0) is 23.8. The number of urea groups is 1. The third-order valence-corrected chi connectivity index (χ3v) is 6.41. The molecular weight excluding hydrogens is 439 g/mol. The van der Waals surface area contributed by atoms with Crippen LogP contribution in [-0.2, 0) is 17.9 Å². The van der Waals surface area contributed by atoms with Crippen molar-refractivity contribution in [3.05, 3.63) is 58.0 Å². The van der Waals surface area contributed by atoms with Gasteiger partial charge < -0.3 is 20.0 Å². The van der Waals surface area contributed by atoms with Gasteiger partial charge in [0.25, 0.3) is 0 Å². The van der Waals surface area contributed by atoms with Crippen molar-refractivity contribution in [3.8, 4) is 0 Å². The number of nitrogens with one attached hydrogen (secondary N) is 1. The highest BCUT2D eigenvalue weighted by Gasteiger charge is 2.25. The van der Waals surface area contributed by atoms with Gasteiger partial charge in [-0.2, -0.15) is 0 Å².